The van der Waals surface area contributed by atoms with Gasteiger partial charge >= 0.3 is 0 Å². The number of fused-ring (bicyclic) bond motifs is 3. The Morgan fingerprint density at radius 3 is 2.71 bits per heavy atom. The average molecular weight is 468 g/mol. The molecule has 1 N–H and O–H groups in total. The lowest BCUT2D eigenvalue weighted by Crippen LogP contribution is -2.47. The molecule has 1 amide bonds. The third kappa shape index (κ3) is 4.11. The summed E-state index contributed by atoms with van der Waals surface area (Å²) in [4.78, 5) is 25.1. The Balaban J connectivity index is 1.20. The minimum Gasteiger partial charge on any atom is -0.497 e. The van der Waals surface area contributed by atoms with Gasteiger partial charge in [-0.3, -0.25) is 9.78 Å². The van der Waals surface area contributed by atoms with Crippen LogP contribution in [0.25, 0.3) is 5.52 Å². The molecule has 4 aromatic rings. The van der Waals surface area contributed by atoms with Gasteiger partial charge in [0, 0.05) is 48.6 Å². The zero-order valence-corrected chi connectivity index (χ0v) is 19.8. The molecule has 0 unspecified atom stereocenters. The topological polar surface area (TPSA) is 71.8 Å². The largest absolute Gasteiger partial charge is 0.497 e. The van der Waals surface area contributed by atoms with Gasteiger partial charge in [0.05, 0.1) is 23.9 Å². The van der Waals surface area contributed by atoms with Gasteiger partial charge in [-0.1, -0.05) is 6.07 Å². The Bertz CT molecular complexity index is 1350. The molecule has 2 aliphatic rings. The number of methoxy groups -OCH3 is 1. The highest BCUT2D eigenvalue weighted by Crippen LogP contribution is 2.41. The van der Waals surface area contributed by atoms with Gasteiger partial charge in [0.1, 0.15) is 11.6 Å². The Morgan fingerprint density at radius 2 is 1.89 bits per heavy atom. The van der Waals surface area contributed by atoms with Crippen LogP contribution in [-0.2, 0) is 6.42 Å². The van der Waals surface area contributed by atoms with E-state index in [0.717, 1.165) is 49.2 Å². The van der Waals surface area contributed by atoms with Gasteiger partial charge < -0.3 is 19.4 Å². The zero-order valence-electron chi connectivity index (χ0n) is 19.8. The number of nitrogens with one attached hydrogen (secondary N) is 1. The zero-order chi connectivity index (χ0) is 23.8. The molecule has 2 aliphatic heterocycles. The molecule has 2 fully saturated rings. The van der Waals surface area contributed by atoms with E-state index in [4.69, 9.17) is 4.74 Å². The summed E-state index contributed by atoms with van der Waals surface area (Å²) in [6.45, 7) is 0. The lowest BCUT2D eigenvalue weighted by Gasteiger charge is -2.39. The van der Waals surface area contributed by atoms with Crippen molar-refractivity contribution in [1.82, 2.24) is 19.3 Å². The molecule has 2 bridgehead atoms. The number of ether oxygens (including phenoxy) is 1. The molecule has 0 aliphatic carbocycles. The number of piperidine rings is 1. The SMILES string of the molecule is COc1cccc(Nc2ncccc2C(=O)N2[C@H]3CC[C@H]2CC(Cc2nccn4cccc24)C3)c1. The van der Waals surface area contributed by atoms with E-state index >= 15 is 0 Å². The van der Waals surface area contributed by atoms with Crippen LogP contribution in [0.2, 0.25) is 0 Å². The van der Waals surface area contributed by atoms with E-state index in [-0.39, 0.29) is 18.0 Å². The van der Waals surface area contributed by atoms with Crippen LogP contribution in [0.1, 0.15) is 41.7 Å². The molecule has 0 saturated carbocycles. The number of amides is 1. The number of carbonyl (C=O) groups excluding carboxylic acids is 1. The van der Waals surface area contributed by atoms with Gasteiger partial charge in [-0.05, 0) is 74.4 Å². The van der Waals surface area contributed by atoms with Crippen LogP contribution in [0.15, 0.2) is 73.3 Å². The average Bonchev–Trinajstić information content (AvgIpc) is 3.47. The summed E-state index contributed by atoms with van der Waals surface area (Å²) in [5.41, 5.74) is 3.79. The van der Waals surface area contributed by atoms with Crippen LogP contribution in [0, 0.1) is 5.92 Å². The van der Waals surface area contributed by atoms with Crippen LogP contribution >= 0.6 is 0 Å². The lowest BCUT2D eigenvalue weighted by atomic mass is 9.86. The van der Waals surface area contributed by atoms with Crippen molar-refractivity contribution < 1.29 is 9.53 Å². The fraction of sp³-hybridized carbons (Fsp3) is 0.321. The molecule has 0 radical (unpaired) electrons. The molecule has 2 atom stereocenters. The van der Waals surface area contributed by atoms with Crippen molar-refractivity contribution in [2.24, 2.45) is 5.92 Å². The summed E-state index contributed by atoms with van der Waals surface area (Å²) in [7, 11) is 1.64. The molecule has 6 rings (SSSR count). The summed E-state index contributed by atoms with van der Waals surface area (Å²) in [6.07, 6.45) is 12.8. The van der Waals surface area contributed by atoms with Crippen molar-refractivity contribution in [3.05, 3.63) is 84.6 Å². The number of hydrogen-bond donors (Lipinski definition) is 1. The second-order valence-electron chi connectivity index (χ2n) is 9.57. The van der Waals surface area contributed by atoms with E-state index in [2.05, 4.69) is 42.9 Å². The first-order valence-corrected chi connectivity index (χ1v) is 12.3. The van der Waals surface area contributed by atoms with Crippen molar-refractivity contribution in [2.45, 2.75) is 44.2 Å². The van der Waals surface area contributed by atoms with Crippen LogP contribution in [0.5, 0.6) is 5.75 Å². The van der Waals surface area contributed by atoms with Gasteiger partial charge in [0.25, 0.3) is 5.91 Å². The minimum absolute atomic E-state index is 0.0706. The second-order valence-corrected chi connectivity index (χ2v) is 9.57. The number of pyridine rings is 1. The van der Waals surface area contributed by atoms with E-state index in [1.54, 1.807) is 13.3 Å². The monoisotopic (exact) mass is 467 g/mol. The van der Waals surface area contributed by atoms with E-state index in [1.165, 1.54) is 5.52 Å². The van der Waals surface area contributed by atoms with Gasteiger partial charge in [0.2, 0.25) is 0 Å². The maximum atomic E-state index is 13.8. The van der Waals surface area contributed by atoms with E-state index in [1.807, 2.05) is 48.8 Å². The predicted molar refractivity (Wildman–Crippen MR) is 135 cm³/mol. The molecule has 1 aromatic carbocycles. The first-order valence-electron chi connectivity index (χ1n) is 12.3. The fourth-order valence-corrected chi connectivity index (χ4v) is 5.90. The quantitative estimate of drug-likeness (QED) is 0.427. The maximum absolute atomic E-state index is 13.8. The maximum Gasteiger partial charge on any atom is 0.258 e. The predicted octanol–water partition coefficient (Wildman–Crippen LogP) is 5.11. The Kier molecular flexibility index (Phi) is 5.60. The number of anilines is 2. The molecule has 2 saturated heterocycles. The Morgan fingerprint density at radius 1 is 1.03 bits per heavy atom. The minimum atomic E-state index is 0.0706. The molecule has 178 valence electrons. The third-order valence-corrected chi connectivity index (χ3v) is 7.45. The van der Waals surface area contributed by atoms with Crippen molar-refractivity contribution in [3.63, 3.8) is 0 Å². The van der Waals surface area contributed by atoms with Crippen LogP contribution in [0.4, 0.5) is 11.5 Å². The molecule has 0 spiro atoms. The third-order valence-electron chi connectivity index (χ3n) is 7.45. The van der Waals surface area contributed by atoms with Crippen molar-refractivity contribution in [2.75, 3.05) is 12.4 Å². The number of nitrogens with zero attached hydrogens (tertiary/aromatic N) is 4. The Hall–Kier alpha value is -3.87. The van der Waals surface area contributed by atoms with Gasteiger partial charge in [-0.25, -0.2) is 4.98 Å². The van der Waals surface area contributed by atoms with Crippen LogP contribution in [-0.4, -0.2) is 44.4 Å². The summed E-state index contributed by atoms with van der Waals surface area (Å²) in [6, 6.07) is 16.1. The van der Waals surface area contributed by atoms with Gasteiger partial charge in [0.15, 0.2) is 0 Å². The fourth-order valence-electron chi connectivity index (χ4n) is 5.90. The highest BCUT2D eigenvalue weighted by molar-refractivity contribution is 6.00. The van der Waals surface area contributed by atoms with Crippen molar-refractivity contribution in [3.8, 4) is 5.75 Å². The first-order chi connectivity index (χ1) is 17.2. The molecular formula is C28H29N5O2. The van der Waals surface area contributed by atoms with Crippen molar-refractivity contribution >= 4 is 22.9 Å². The second kappa shape index (κ2) is 9.06. The number of hydrogen-bond acceptors (Lipinski definition) is 5. The standard InChI is InChI=1S/C28H29N5O2/c1-35-23-6-2-5-20(18-23)31-27-24(7-3-11-30-27)28(34)33-21-9-10-22(33)16-19(15-21)17-25-26-8-4-13-32(26)14-12-29-25/h2-8,11-14,18-19,21-22H,9-10,15-17H2,1H3,(H,30,31)/t21-,22-/m0/s1. The highest BCUT2D eigenvalue weighted by atomic mass is 16.5. The number of benzene rings is 1. The highest BCUT2D eigenvalue weighted by Gasteiger charge is 2.44. The molecule has 3 aromatic heterocycles. The smallest absolute Gasteiger partial charge is 0.258 e. The normalized spacial score (nSPS) is 21.3. The van der Waals surface area contributed by atoms with Crippen molar-refractivity contribution in [1.29, 1.82) is 0 Å². The number of carbonyl (C=O) groups is 1. The van der Waals surface area contributed by atoms with Gasteiger partial charge in [-0.15, -0.1) is 0 Å². The molecular weight excluding hydrogens is 438 g/mol. The van der Waals surface area contributed by atoms with Crippen LogP contribution in [0.3, 0.4) is 0 Å². The van der Waals surface area contributed by atoms with Gasteiger partial charge in [-0.2, -0.15) is 0 Å². The number of rotatable bonds is 6. The van der Waals surface area contributed by atoms with E-state index in [9.17, 15) is 4.79 Å². The molecule has 5 heterocycles. The summed E-state index contributed by atoms with van der Waals surface area (Å²) in [5, 5.41) is 3.32. The molecule has 35 heavy (non-hydrogen) atoms. The summed E-state index contributed by atoms with van der Waals surface area (Å²) in [5.74, 6) is 1.94. The van der Waals surface area contributed by atoms with Crippen LogP contribution < -0.4 is 10.1 Å². The first kappa shape index (κ1) is 21.6. The Labute approximate surface area is 204 Å². The molecule has 7 nitrogen and oxygen atoms in total. The summed E-state index contributed by atoms with van der Waals surface area (Å²) >= 11 is 0. The van der Waals surface area contributed by atoms with E-state index in [0.29, 0.717) is 17.3 Å². The number of aromatic nitrogens is 3. The molecule has 7 heteroatoms. The summed E-state index contributed by atoms with van der Waals surface area (Å²) < 4.78 is 7.47. The lowest BCUT2D eigenvalue weighted by molar-refractivity contribution is 0.0525. The van der Waals surface area contributed by atoms with E-state index < -0.39 is 0 Å².